The Morgan fingerprint density at radius 2 is 1.43 bits per heavy atom. The fourth-order valence-corrected chi connectivity index (χ4v) is 2.45. The molecule has 0 amide bonds. The quantitative estimate of drug-likeness (QED) is 0.355. The molecule has 0 aromatic carbocycles. The molecule has 0 aromatic heterocycles. The Morgan fingerprint density at radius 1 is 0.857 bits per heavy atom. The van der Waals surface area contributed by atoms with Crippen LogP contribution in [0.15, 0.2) is 0 Å². The zero-order valence-electron chi connectivity index (χ0n) is 10.2. The van der Waals surface area contributed by atoms with E-state index in [0.29, 0.717) is 0 Å². The number of rotatable bonds is 10. The van der Waals surface area contributed by atoms with E-state index in [9.17, 15) is 0 Å². The molecule has 0 heterocycles. The first kappa shape index (κ1) is 14.4. The molecule has 0 aliphatic heterocycles. The topological polar surface area (TPSA) is 0 Å². The van der Waals surface area contributed by atoms with E-state index in [4.69, 9.17) is 0 Å². The SMILES string of the molecule is CCCCCCCCCC(C)CCP. The van der Waals surface area contributed by atoms with Gasteiger partial charge in [0.1, 0.15) is 0 Å². The maximum atomic E-state index is 2.83. The Balaban J connectivity index is 2.98. The van der Waals surface area contributed by atoms with Crippen molar-refractivity contribution in [2.75, 3.05) is 6.16 Å². The van der Waals surface area contributed by atoms with Crippen molar-refractivity contribution in [1.29, 1.82) is 0 Å². The summed E-state index contributed by atoms with van der Waals surface area (Å²) in [6.45, 7) is 4.67. The molecule has 0 bridgehead atoms. The Kier molecular flexibility index (Phi) is 11.9. The van der Waals surface area contributed by atoms with Crippen LogP contribution < -0.4 is 0 Å². The average molecular weight is 216 g/mol. The minimum Gasteiger partial charge on any atom is -0.138 e. The summed E-state index contributed by atoms with van der Waals surface area (Å²) in [6, 6.07) is 0. The van der Waals surface area contributed by atoms with Crippen LogP contribution in [0, 0.1) is 5.92 Å². The lowest BCUT2D eigenvalue weighted by Gasteiger charge is -2.08. The van der Waals surface area contributed by atoms with Crippen molar-refractivity contribution in [1.82, 2.24) is 0 Å². The monoisotopic (exact) mass is 216 g/mol. The molecular formula is C13H29P. The number of hydrogen-bond acceptors (Lipinski definition) is 0. The fourth-order valence-electron chi connectivity index (χ4n) is 1.88. The summed E-state index contributed by atoms with van der Waals surface area (Å²) in [6.07, 6.45) is 14.2. The number of unbranched alkanes of at least 4 members (excludes halogenated alkanes) is 6. The smallest absolute Gasteiger partial charge is 0.0379 e. The van der Waals surface area contributed by atoms with Crippen LogP contribution in [-0.4, -0.2) is 6.16 Å². The first-order valence-corrected chi connectivity index (χ1v) is 7.33. The lowest BCUT2D eigenvalue weighted by atomic mass is 10.00. The van der Waals surface area contributed by atoms with Crippen LogP contribution in [0.3, 0.4) is 0 Å². The largest absolute Gasteiger partial charge is 0.138 e. The van der Waals surface area contributed by atoms with Crippen LogP contribution in [0.5, 0.6) is 0 Å². The van der Waals surface area contributed by atoms with Gasteiger partial charge in [-0.15, -0.1) is 9.24 Å². The lowest BCUT2D eigenvalue weighted by molar-refractivity contribution is 0.473. The Labute approximate surface area is 93.4 Å². The molecule has 2 unspecified atom stereocenters. The lowest BCUT2D eigenvalue weighted by Crippen LogP contribution is -1.95. The molecule has 1 heteroatoms. The molecule has 0 N–H and O–H groups in total. The van der Waals surface area contributed by atoms with Gasteiger partial charge in [0, 0.05) is 0 Å². The van der Waals surface area contributed by atoms with Crippen molar-refractivity contribution in [3.63, 3.8) is 0 Å². The van der Waals surface area contributed by atoms with Gasteiger partial charge in [0.05, 0.1) is 0 Å². The van der Waals surface area contributed by atoms with Gasteiger partial charge in [-0.2, -0.15) is 0 Å². The molecule has 0 saturated heterocycles. The van der Waals surface area contributed by atoms with Gasteiger partial charge in [-0.1, -0.05) is 65.2 Å². The molecule has 86 valence electrons. The highest BCUT2D eigenvalue weighted by molar-refractivity contribution is 7.16. The molecule has 14 heavy (non-hydrogen) atoms. The first-order chi connectivity index (χ1) is 6.81. The van der Waals surface area contributed by atoms with Crippen molar-refractivity contribution in [2.45, 2.75) is 71.6 Å². The molecule has 0 saturated carbocycles. The Bertz CT molecular complexity index is 101. The van der Waals surface area contributed by atoms with E-state index in [1.807, 2.05) is 0 Å². The summed E-state index contributed by atoms with van der Waals surface area (Å²) in [4.78, 5) is 0. The zero-order chi connectivity index (χ0) is 10.6. The summed E-state index contributed by atoms with van der Waals surface area (Å²) in [5.41, 5.74) is 0. The molecule has 0 aromatic rings. The van der Waals surface area contributed by atoms with Crippen LogP contribution in [0.1, 0.15) is 71.6 Å². The third-order valence-electron chi connectivity index (χ3n) is 2.96. The maximum Gasteiger partial charge on any atom is -0.0379 e. The predicted molar refractivity (Wildman–Crippen MR) is 71.0 cm³/mol. The molecule has 2 atom stereocenters. The summed E-state index contributed by atoms with van der Waals surface area (Å²) in [7, 11) is 2.83. The van der Waals surface area contributed by atoms with Gasteiger partial charge in [0.2, 0.25) is 0 Å². The average Bonchev–Trinajstić information content (AvgIpc) is 2.17. The van der Waals surface area contributed by atoms with Gasteiger partial charge in [-0.25, -0.2) is 0 Å². The van der Waals surface area contributed by atoms with Crippen molar-refractivity contribution in [3.05, 3.63) is 0 Å². The third-order valence-corrected chi connectivity index (χ3v) is 3.29. The highest BCUT2D eigenvalue weighted by Gasteiger charge is 1.99. The standard InChI is InChI=1S/C13H29P/c1-3-4-5-6-7-8-9-10-13(2)11-12-14/h13H,3-12,14H2,1-2H3. The second-order valence-corrected chi connectivity index (χ2v) is 5.17. The molecule has 0 aliphatic rings. The molecule has 0 nitrogen and oxygen atoms in total. The van der Waals surface area contributed by atoms with Gasteiger partial charge < -0.3 is 0 Å². The summed E-state index contributed by atoms with van der Waals surface area (Å²) in [5.74, 6) is 0.947. The molecule has 0 fully saturated rings. The minimum atomic E-state index is 0.947. The summed E-state index contributed by atoms with van der Waals surface area (Å²) < 4.78 is 0. The highest BCUT2D eigenvalue weighted by Crippen LogP contribution is 2.15. The fraction of sp³-hybridized carbons (Fsp3) is 1.00. The Hall–Kier alpha value is 0.430. The van der Waals surface area contributed by atoms with Gasteiger partial charge >= 0.3 is 0 Å². The molecule has 0 rings (SSSR count). The van der Waals surface area contributed by atoms with E-state index < -0.39 is 0 Å². The van der Waals surface area contributed by atoms with E-state index in [2.05, 4.69) is 23.1 Å². The van der Waals surface area contributed by atoms with Crippen molar-refractivity contribution >= 4 is 9.24 Å². The van der Waals surface area contributed by atoms with Crippen LogP contribution in [-0.2, 0) is 0 Å². The normalized spacial score (nSPS) is 13.1. The Morgan fingerprint density at radius 3 is 2.00 bits per heavy atom. The van der Waals surface area contributed by atoms with Crippen molar-refractivity contribution < 1.29 is 0 Å². The second-order valence-electron chi connectivity index (χ2n) is 4.59. The van der Waals surface area contributed by atoms with Crippen LogP contribution in [0.2, 0.25) is 0 Å². The second kappa shape index (κ2) is 11.5. The molecule has 0 radical (unpaired) electrons. The van der Waals surface area contributed by atoms with E-state index in [1.165, 1.54) is 63.9 Å². The van der Waals surface area contributed by atoms with Crippen molar-refractivity contribution in [2.24, 2.45) is 5.92 Å². The highest BCUT2D eigenvalue weighted by atomic mass is 31.0. The van der Waals surface area contributed by atoms with Gasteiger partial charge in [0.25, 0.3) is 0 Å². The van der Waals surface area contributed by atoms with E-state index >= 15 is 0 Å². The van der Waals surface area contributed by atoms with Gasteiger partial charge in [-0.05, 0) is 18.5 Å². The minimum absolute atomic E-state index is 0.947. The first-order valence-electron chi connectivity index (χ1n) is 6.51. The maximum absolute atomic E-state index is 2.83. The number of hydrogen-bond donors (Lipinski definition) is 0. The van der Waals surface area contributed by atoms with E-state index in [1.54, 1.807) is 0 Å². The van der Waals surface area contributed by atoms with Gasteiger partial charge in [-0.3, -0.25) is 0 Å². The molecular weight excluding hydrogens is 187 g/mol. The van der Waals surface area contributed by atoms with Crippen LogP contribution >= 0.6 is 9.24 Å². The van der Waals surface area contributed by atoms with Gasteiger partial charge in [0.15, 0.2) is 0 Å². The van der Waals surface area contributed by atoms with Crippen molar-refractivity contribution in [3.8, 4) is 0 Å². The third kappa shape index (κ3) is 10.5. The summed E-state index contributed by atoms with van der Waals surface area (Å²) >= 11 is 0. The zero-order valence-corrected chi connectivity index (χ0v) is 11.4. The van der Waals surface area contributed by atoms with Crippen LogP contribution in [0.25, 0.3) is 0 Å². The predicted octanol–water partition coefficient (Wildman–Crippen LogP) is 5.03. The molecule has 0 spiro atoms. The van der Waals surface area contributed by atoms with Crippen LogP contribution in [0.4, 0.5) is 0 Å². The molecule has 0 aliphatic carbocycles. The van der Waals surface area contributed by atoms with E-state index in [0.717, 1.165) is 5.92 Å². The summed E-state index contributed by atoms with van der Waals surface area (Å²) in [5, 5.41) is 0. The van der Waals surface area contributed by atoms with E-state index in [-0.39, 0.29) is 0 Å².